The zero-order chi connectivity index (χ0) is 19.6. The zero-order valence-electron chi connectivity index (χ0n) is 15.9. The lowest BCUT2D eigenvalue weighted by molar-refractivity contribution is -0.132. The average Bonchev–Trinajstić information content (AvgIpc) is 2.86. The smallest absolute Gasteiger partial charge is 0.325 e. The number of amides is 3. The molecule has 3 amide bonds. The van der Waals surface area contributed by atoms with Crippen molar-refractivity contribution in [3.63, 3.8) is 0 Å². The standard InChI is InChI=1S/C22H24N2O4/c1-27-17-9-11-18(12-10-17)28-15-14-24-20(25)22(23-21(24)26)13-5-4-7-16-6-2-3-8-19(16)22/h2-3,6,8-12H,4-5,7,13-15H2,1H3,(H,23,26). The van der Waals surface area contributed by atoms with Gasteiger partial charge in [-0.3, -0.25) is 9.69 Å². The minimum absolute atomic E-state index is 0.176. The predicted octanol–water partition coefficient (Wildman–Crippen LogP) is 3.25. The number of carbonyl (C=O) groups excluding carboxylic acids is 2. The third kappa shape index (κ3) is 3.19. The minimum atomic E-state index is -0.940. The van der Waals surface area contributed by atoms with Gasteiger partial charge in [0.25, 0.3) is 5.91 Å². The number of aryl methyl sites for hydroxylation is 1. The van der Waals surface area contributed by atoms with E-state index in [9.17, 15) is 9.59 Å². The van der Waals surface area contributed by atoms with E-state index in [0.29, 0.717) is 12.2 Å². The highest BCUT2D eigenvalue weighted by Crippen LogP contribution is 2.38. The molecule has 1 heterocycles. The van der Waals surface area contributed by atoms with Crippen LogP contribution in [0.1, 0.15) is 30.4 Å². The SMILES string of the molecule is COc1ccc(OCCN2C(=O)NC3(CCCCc4ccccc43)C2=O)cc1. The highest BCUT2D eigenvalue weighted by molar-refractivity contribution is 6.07. The summed E-state index contributed by atoms with van der Waals surface area (Å²) in [5, 5.41) is 2.99. The number of urea groups is 1. The van der Waals surface area contributed by atoms with Crippen molar-refractivity contribution in [3.05, 3.63) is 59.7 Å². The Morgan fingerprint density at radius 1 is 1.04 bits per heavy atom. The molecule has 1 unspecified atom stereocenters. The van der Waals surface area contributed by atoms with E-state index in [1.807, 2.05) is 18.2 Å². The first kappa shape index (κ1) is 18.3. The van der Waals surface area contributed by atoms with Gasteiger partial charge in [-0.15, -0.1) is 0 Å². The average molecular weight is 380 g/mol. The normalized spacial score (nSPS) is 21.2. The number of fused-ring (bicyclic) bond motifs is 2. The van der Waals surface area contributed by atoms with Crippen molar-refractivity contribution < 1.29 is 19.1 Å². The van der Waals surface area contributed by atoms with Crippen molar-refractivity contribution >= 4 is 11.9 Å². The molecule has 2 aromatic carbocycles. The second-order valence-electron chi connectivity index (χ2n) is 7.18. The number of rotatable bonds is 5. The summed E-state index contributed by atoms with van der Waals surface area (Å²) in [7, 11) is 1.61. The Kier molecular flexibility index (Phi) is 4.94. The lowest BCUT2D eigenvalue weighted by Crippen LogP contribution is -2.44. The van der Waals surface area contributed by atoms with Crippen LogP contribution in [0, 0.1) is 0 Å². The van der Waals surface area contributed by atoms with Gasteiger partial charge < -0.3 is 14.8 Å². The Morgan fingerprint density at radius 2 is 1.79 bits per heavy atom. The molecule has 0 saturated carbocycles. The molecule has 0 bridgehead atoms. The van der Waals surface area contributed by atoms with Gasteiger partial charge in [0.1, 0.15) is 23.6 Å². The third-order valence-corrected chi connectivity index (χ3v) is 5.54. The summed E-state index contributed by atoms with van der Waals surface area (Å²) in [5.41, 5.74) is 1.14. The number of ether oxygens (including phenoxy) is 2. The summed E-state index contributed by atoms with van der Waals surface area (Å²) < 4.78 is 10.8. The van der Waals surface area contributed by atoms with E-state index in [1.165, 1.54) is 4.90 Å². The number of benzene rings is 2. The van der Waals surface area contributed by atoms with Crippen LogP contribution in [0.2, 0.25) is 0 Å². The highest BCUT2D eigenvalue weighted by Gasteiger charge is 2.53. The Morgan fingerprint density at radius 3 is 2.57 bits per heavy atom. The molecular formula is C22H24N2O4. The third-order valence-electron chi connectivity index (χ3n) is 5.54. The molecule has 2 aliphatic rings. The quantitative estimate of drug-likeness (QED) is 0.809. The molecule has 6 heteroatoms. The molecule has 0 radical (unpaired) electrons. The van der Waals surface area contributed by atoms with Crippen LogP contribution in [-0.4, -0.2) is 37.1 Å². The van der Waals surface area contributed by atoms with Crippen molar-refractivity contribution in [2.24, 2.45) is 0 Å². The summed E-state index contributed by atoms with van der Waals surface area (Å²) in [5.74, 6) is 1.24. The molecule has 1 N–H and O–H groups in total. The molecule has 1 atom stereocenters. The maximum atomic E-state index is 13.3. The van der Waals surface area contributed by atoms with Gasteiger partial charge in [-0.1, -0.05) is 24.3 Å². The van der Waals surface area contributed by atoms with E-state index in [2.05, 4.69) is 11.4 Å². The van der Waals surface area contributed by atoms with E-state index in [0.717, 1.165) is 36.1 Å². The lowest BCUT2D eigenvalue weighted by Gasteiger charge is -2.27. The number of hydrogen-bond donors (Lipinski definition) is 1. The van der Waals surface area contributed by atoms with Crippen LogP contribution in [0.5, 0.6) is 11.5 Å². The van der Waals surface area contributed by atoms with Gasteiger partial charge in [0, 0.05) is 0 Å². The molecule has 1 fully saturated rings. The molecule has 1 aliphatic heterocycles. The van der Waals surface area contributed by atoms with Gasteiger partial charge in [0.15, 0.2) is 0 Å². The number of hydrogen-bond acceptors (Lipinski definition) is 4. The second-order valence-corrected chi connectivity index (χ2v) is 7.18. The number of methoxy groups -OCH3 is 1. The maximum absolute atomic E-state index is 13.3. The Bertz CT molecular complexity index is 880. The van der Waals surface area contributed by atoms with Crippen molar-refractivity contribution in [2.75, 3.05) is 20.3 Å². The summed E-state index contributed by atoms with van der Waals surface area (Å²) >= 11 is 0. The van der Waals surface area contributed by atoms with E-state index in [-0.39, 0.29) is 25.1 Å². The topological polar surface area (TPSA) is 67.9 Å². The lowest BCUT2D eigenvalue weighted by atomic mass is 9.84. The van der Waals surface area contributed by atoms with Crippen LogP contribution in [-0.2, 0) is 16.8 Å². The summed E-state index contributed by atoms with van der Waals surface area (Å²) in [6, 6.07) is 14.8. The van der Waals surface area contributed by atoms with Gasteiger partial charge >= 0.3 is 6.03 Å². The predicted molar refractivity (Wildman–Crippen MR) is 104 cm³/mol. The monoisotopic (exact) mass is 380 g/mol. The fourth-order valence-corrected chi connectivity index (χ4v) is 4.10. The van der Waals surface area contributed by atoms with Crippen LogP contribution < -0.4 is 14.8 Å². The molecule has 1 spiro atoms. The molecule has 1 aliphatic carbocycles. The first-order chi connectivity index (χ1) is 13.6. The van der Waals surface area contributed by atoms with E-state index in [1.54, 1.807) is 31.4 Å². The summed E-state index contributed by atoms with van der Waals surface area (Å²) in [4.78, 5) is 27.2. The number of nitrogens with one attached hydrogen (secondary N) is 1. The molecule has 0 aromatic heterocycles. The fourth-order valence-electron chi connectivity index (χ4n) is 4.10. The Hall–Kier alpha value is -3.02. The Balaban J connectivity index is 1.48. The van der Waals surface area contributed by atoms with Crippen molar-refractivity contribution in [1.29, 1.82) is 0 Å². The van der Waals surface area contributed by atoms with Crippen molar-refractivity contribution in [2.45, 2.75) is 31.2 Å². The molecule has 1 saturated heterocycles. The fraction of sp³-hybridized carbons (Fsp3) is 0.364. The highest BCUT2D eigenvalue weighted by atomic mass is 16.5. The minimum Gasteiger partial charge on any atom is -0.497 e. The summed E-state index contributed by atoms with van der Waals surface area (Å²) in [6.07, 6.45) is 3.48. The molecular weight excluding hydrogens is 356 g/mol. The van der Waals surface area contributed by atoms with Crippen LogP contribution in [0.3, 0.4) is 0 Å². The van der Waals surface area contributed by atoms with Gasteiger partial charge in [0.2, 0.25) is 0 Å². The van der Waals surface area contributed by atoms with Crippen LogP contribution in [0.25, 0.3) is 0 Å². The van der Waals surface area contributed by atoms with Crippen LogP contribution >= 0.6 is 0 Å². The van der Waals surface area contributed by atoms with Gasteiger partial charge in [-0.25, -0.2) is 4.79 Å². The maximum Gasteiger partial charge on any atom is 0.325 e. The number of imide groups is 1. The Labute approximate surface area is 164 Å². The molecule has 146 valence electrons. The second kappa shape index (κ2) is 7.54. The van der Waals surface area contributed by atoms with Crippen molar-refractivity contribution in [1.82, 2.24) is 10.2 Å². The molecule has 2 aromatic rings. The van der Waals surface area contributed by atoms with Gasteiger partial charge in [-0.2, -0.15) is 0 Å². The van der Waals surface area contributed by atoms with E-state index in [4.69, 9.17) is 9.47 Å². The molecule has 4 rings (SSSR count). The summed E-state index contributed by atoms with van der Waals surface area (Å²) in [6.45, 7) is 0.448. The first-order valence-electron chi connectivity index (χ1n) is 9.63. The van der Waals surface area contributed by atoms with Crippen molar-refractivity contribution in [3.8, 4) is 11.5 Å². The van der Waals surface area contributed by atoms with Crippen LogP contribution in [0.15, 0.2) is 48.5 Å². The van der Waals surface area contributed by atoms with Crippen LogP contribution in [0.4, 0.5) is 4.79 Å². The van der Waals surface area contributed by atoms with Gasteiger partial charge in [0.05, 0.1) is 13.7 Å². The van der Waals surface area contributed by atoms with E-state index >= 15 is 0 Å². The molecule has 6 nitrogen and oxygen atoms in total. The largest absolute Gasteiger partial charge is 0.497 e. The first-order valence-corrected chi connectivity index (χ1v) is 9.63. The number of carbonyl (C=O) groups is 2. The van der Waals surface area contributed by atoms with Gasteiger partial charge in [-0.05, 0) is 61.1 Å². The van der Waals surface area contributed by atoms with E-state index < -0.39 is 5.54 Å². The molecule has 28 heavy (non-hydrogen) atoms. The zero-order valence-corrected chi connectivity index (χ0v) is 15.9. The number of nitrogens with zero attached hydrogens (tertiary/aromatic N) is 1.